The van der Waals surface area contributed by atoms with Crippen molar-refractivity contribution in [1.82, 2.24) is 0 Å². The second kappa shape index (κ2) is 22.4. The van der Waals surface area contributed by atoms with Crippen LogP contribution in [0, 0.1) is 83.1 Å². The number of benzene rings is 10. The summed E-state index contributed by atoms with van der Waals surface area (Å²) in [5.74, 6) is -0.817. The number of rotatable bonds is 12. The van der Waals surface area contributed by atoms with Gasteiger partial charge < -0.3 is 46.0 Å². The molecular weight excluding hydrogens is 1070 g/mol. The summed E-state index contributed by atoms with van der Waals surface area (Å²) >= 11 is 0. The molecule has 9 nitrogen and oxygen atoms in total. The van der Waals surface area contributed by atoms with Crippen LogP contribution in [0.2, 0.25) is 0 Å². The molecule has 1 atom stereocenters. The van der Waals surface area contributed by atoms with Gasteiger partial charge in [0, 0.05) is 78.1 Å². The topological polar surface area (TPSA) is 182 Å². The minimum absolute atomic E-state index is 0.00264. The summed E-state index contributed by atoms with van der Waals surface area (Å²) in [6.07, 6.45) is 0.255. The summed E-state index contributed by atoms with van der Waals surface area (Å²) in [6, 6.07) is 42.0. The van der Waals surface area contributed by atoms with E-state index in [1.807, 2.05) is 192 Å². The molecule has 9 N–H and O–H groups in total. The Morgan fingerprint density at radius 1 is 0.256 bits per heavy atom. The maximum atomic E-state index is 12.7. The lowest BCUT2D eigenvalue weighted by atomic mass is 9.75. The summed E-state index contributed by atoms with van der Waals surface area (Å²) in [6.45, 7) is 26.7. The summed E-state index contributed by atoms with van der Waals surface area (Å²) in [7, 11) is 0. The molecule has 0 radical (unpaired) electrons. The molecule has 438 valence electrons. The third-order valence-electron chi connectivity index (χ3n) is 17.4. The third kappa shape index (κ3) is 10.8. The largest absolute Gasteiger partial charge is 0.507 e. The van der Waals surface area contributed by atoms with Gasteiger partial charge in [0.05, 0.1) is 0 Å². The first kappa shape index (κ1) is 59.6. The average Bonchev–Trinajstić information content (AvgIpc) is 1.11. The van der Waals surface area contributed by atoms with Gasteiger partial charge >= 0.3 is 0 Å². The van der Waals surface area contributed by atoms with E-state index >= 15 is 0 Å². The van der Waals surface area contributed by atoms with Crippen molar-refractivity contribution >= 4 is 0 Å². The van der Waals surface area contributed by atoms with Crippen molar-refractivity contribution in [2.45, 2.75) is 115 Å². The highest BCUT2D eigenvalue weighted by Crippen LogP contribution is 2.53. The van der Waals surface area contributed by atoms with E-state index in [1.165, 1.54) is 0 Å². The Balaban J connectivity index is 1.24. The SMILES string of the molecule is Cc1cc(C)c(O)c(-c2cc(CC(c3ccc(C(C)(C)c4cc(-c5cc(C)cc(C)c5O)c(O)c(-c5cc(C)cc(C)c5O)c4)cc3)c3cc(-c4cc(C)cc(C)c4O)c(O)c(-c4cc(C)cc(C)c4O)c3)cc(-c3cc(C)cc(C)c3O)c2O)c1. The van der Waals surface area contributed by atoms with Gasteiger partial charge in [-0.15, -0.1) is 0 Å². The number of hydrogen-bond acceptors (Lipinski definition) is 9. The van der Waals surface area contributed by atoms with Gasteiger partial charge in [0.1, 0.15) is 51.7 Å². The Hall–Kier alpha value is -9.60. The van der Waals surface area contributed by atoms with Gasteiger partial charge in [0.2, 0.25) is 0 Å². The lowest BCUT2D eigenvalue weighted by molar-refractivity contribution is 0.464. The van der Waals surface area contributed by atoms with Crippen molar-refractivity contribution in [2.75, 3.05) is 0 Å². The fourth-order valence-electron chi connectivity index (χ4n) is 12.9. The van der Waals surface area contributed by atoms with Crippen molar-refractivity contribution in [3.8, 4) is 119 Å². The van der Waals surface area contributed by atoms with Crippen LogP contribution in [0.4, 0.5) is 0 Å². The summed E-state index contributed by atoms with van der Waals surface area (Å²) in [5, 5.41) is 108. The van der Waals surface area contributed by atoms with Gasteiger partial charge in [-0.25, -0.2) is 0 Å². The number of phenolic OH excluding ortho intramolecular Hbond substituents is 9. The van der Waals surface area contributed by atoms with Crippen LogP contribution in [0.25, 0.3) is 66.8 Å². The first-order chi connectivity index (χ1) is 40.5. The molecule has 0 amide bonds. The van der Waals surface area contributed by atoms with Crippen molar-refractivity contribution < 1.29 is 46.0 Å². The molecule has 9 heteroatoms. The normalized spacial score (nSPS) is 12.0. The molecule has 10 aromatic carbocycles. The first-order valence-electron chi connectivity index (χ1n) is 29.1. The molecule has 0 saturated heterocycles. The molecular formula is C77H76O9. The number of hydrogen-bond donors (Lipinski definition) is 9. The van der Waals surface area contributed by atoms with E-state index in [9.17, 15) is 46.0 Å². The highest BCUT2D eigenvalue weighted by atomic mass is 16.3. The van der Waals surface area contributed by atoms with Crippen LogP contribution in [-0.2, 0) is 11.8 Å². The Labute approximate surface area is 504 Å². The predicted molar refractivity (Wildman–Crippen MR) is 348 cm³/mol. The molecule has 0 aromatic heterocycles. The predicted octanol–water partition coefficient (Wildman–Crippen LogP) is 18.4. The summed E-state index contributed by atoms with van der Waals surface area (Å²) in [4.78, 5) is 0. The highest BCUT2D eigenvalue weighted by molar-refractivity contribution is 5.91. The van der Waals surface area contributed by atoms with E-state index in [0.717, 1.165) is 55.6 Å². The Morgan fingerprint density at radius 3 is 0.756 bits per heavy atom. The summed E-state index contributed by atoms with van der Waals surface area (Å²) in [5.41, 5.74) is 17.1. The minimum atomic E-state index is -0.781. The van der Waals surface area contributed by atoms with Crippen molar-refractivity contribution in [2.24, 2.45) is 0 Å². The van der Waals surface area contributed by atoms with Gasteiger partial charge in [0.15, 0.2) is 0 Å². The standard InChI is InChI=1S/C77H76O9/c1-38-19-44(7)68(78)56(25-38)62-32-50(33-63(74(62)84)57-26-39(2)20-45(8)69(57)79)31-55(52-34-64(58-27-40(3)21-46(9)70(58)80)75(85)65(35-52)59-28-41(4)22-47(10)71(59)81)51-15-17-53(18-16-51)77(13,14)54-36-66(60-29-42(5)23-48(11)72(60)82)76(86)67(37-54)61-30-43(6)24-49(12)73(61)83/h15-30,32-37,55,78-86H,31H2,1-14H3. The van der Waals surface area contributed by atoms with E-state index in [-0.39, 0.29) is 58.2 Å². The van der Waals surface area contributed by atoms with Crippen LogP contribution in [-0.4, -0.2) is 46.0 Å². The van der Waals surface area contributed by atoms with Gasteiger partial charge in [-0.2, -0.15) is 0 Å². The van der Waals surface area contributed by atoms with Gasteiger partial charge in [-0.1, -0.05) is 74.5 Å². The Kier molecular flexibility index (Phi) is 15.5. The molecule has 0 heterocycles. The fourth-order valence-corrected chi connectivity index (χ4v) is 12.9. The molecule has 0 fully saturated rings. The highest BCUT2D eigenvalue weighted by Gasteiger charge is 2.31. The van der Waals surface area contributed by atoms with Crippen molar-refractivity contribution in [3.05, 3.63) is 228 Å². The van der Waals surface area contributed by atoms with E-state index in [1.54, 1.807) is 0 Å². The quantitative estimate of drug-likeness (QED) is 0.0575. The van der Waals surface area contributed by atoms with Crippen molar-refractivity contribution in [1.29, 1.82) is 0 Å². The Bertz CT molecular complexity index is 4170. The number of phenols is 9. The molecule has 0 aliphatic rings. The zero-order valence-corrected chi connectivity index (χ0v) is 51.5. The van der Waals surface area contributed by atoms with Crippen LogP contribution >= 0.6 is 0 Å². The average molecular weight is 1150 g/mol. The second-order valence-corrected chi connectivity index (χ2v) is 24.8. The van der Waals surface area contributed by atoms with Crippen LogP contribution < -0.4 is 0 Å². The van der Waals surface area contributed by atoms with Crippen LogP contribution in [0.5, 0.6) is 51.7 Å². The van der Waals surface area contributed by atoms with Crippen LogP contribution in [0.1, 0.15) is 114 Å². The van der Waals surface area contributed by atoms with Gasteiger partial charge in [-0.3, -0.25) is 0 Å². The molecule has 0 aliphatic heterocycles. The van der Waals surface area contributed by atoms with Crippen molar-refractivity contribution in [3.63, 3.8) is 0 Å². The van der Waals surface area contributed by atoms with Crippen LogP contribution in [0.3, 0.4) is 0 Å². The molecule has 0 saturated carbocycles. The number of aromatic hydroxyl groups is 9. The smallest absolute Gasteiger partial charge is 0.131 e. The maximum Gasteiger partial charge on any atom is 0.131 e. The molecule has 0 bridgehead atoms. The fraction of sp³-hybridized carbons (Fsp3) is 0.221. The third-order valence-corrected chi connectivity index (χ3v) is 17.4. The maximum absolute atomic E-state index is 12.7. The second-order valence-electron chi connectivity index (χ2n) is 24.8. The van der Waals surface area contributed by atoms with E-state index in [2.05, 4.69) is 38.1 Å². The van der Waals surface area contributed by atoms with E-state index in [4.69, 9.17) is 0 Å². The molecule has 10 rings (SSSR count). The molecule has 0 spiro atoms. The Morgan fingerprint density at radius 2 is 0.488 bits per heavy atom. The first-order valence-corrected chi connectivity index (χ1v) is 29.1. The number of aryl methyl sites for hydroxylation is 12. The van der Waals surface area contributed by atoms with E-state index in [0.29, 0.717) is 106 Å². The van der Waals surface area contributed by atoms with Gasteiger partial charge in [-0.05, 0) is 257 Å². The monoisotopic (exact) mass is 1140 g/mol. The lowest BCUT2D eigenvalue weighted by Gasteiger charge is -2.29. The van der Waals surface area contributed by atoms with Crippen LogP contribution in [0.15, 0.2) is 133 Å². The molecule has 86 heavy (non-hydrogen) atoms. The van der Waals surface area contributed by atoms with Gasteiger partial charge in [0.25, 0.3) is 0 Å². The minimum Gasteiger partial charge on any atom is -0.507 e. The zero-order chi connectivity index (χ0) is 62.3. The summed E-state index contributed by atoms with van der Waals surface area (Å²) < 4.78 is 0. The lowest BCUT2D eigenvalue weighted by Crippen LogP contribution is -2.19. The molecule has 1 unspecified atom stereocenters. The van der Waals surface area contributed by atoms with E-state index < -0.39 is 11.3 Å². The molecule has 10 aromatic rings. The molecule has 0 aliphatic carbocycles. The zero-order valence-electron chi connectivity index (χ0n) is 51.5.